The standard InChI is InChI=1S/C21H22ClN3O6S/c1-4-25(20(26)12-32(28,29)14-7-5-13(22)6-8-14)11-19-23-16-10-18(31-3)17(30-2)9-15(16)21(27)24-19/h5-10H,4,11-12H2,1-3H3,(H,23,24,27). The molecule has 11 heteroatoms. The van der Waals surface area contributed by atoms with Crippen LogP contribution in [-0.4, -0.2) is 55.7 Å². The zero-order valence-electron chi connectivity index (χ0n) is 17.7. The lowest BCUT2D eigenvalue weighted by molar-refractivity contribution is -0.128. The molecule has 9 nitrogen and oxygen atoms in total. The molecule has 0 spiro atoms. The number of nitrogens with one attached hydrogen (secondary N) is 1. The summed E-state index contributed by atoms with van der Waals surface area (Å²) in [5, 5.41) is 0.692. The van der Waals surface area contributed by atoms with Crippen LogP contribution in [0, 0.1) is 0 Å². The smallest absolute Gasteiger partial charge is 0.258 e. The lowest BCUT2D eigenvalue weighted by Crippen LogP contribution is -2.36. The van der Waals surface area contributed by atoms with Crippen LogP contribution in [0.4, 0.5) is 0 Å². The first-order valence-electron chi connectivity index (χ1n) is 9.59. The van der Waals surface area contributed by atoms with Gasteiger partial charge < -0.3 is 19.4 Å². The van der Waals surface area contributed by atoms with Gasteiger partial charge in [-0.2, -0.15) is 0 Å². The molecule has 1 amide bonds. The summed E-state index contributed by atoms with van der Waals surface area (Å²) in [6, 6.07) is 8.69. The first-order valence-corrected chi connectivity index (χ1v) is 11.6. The molecule has 0 bridgehead atoms. The van der Waals surface area contributed by atoms with Gasteiger partial charge in [-0.25, -0.2) is 13.4 Å². The van der Waals surface area contributed by atoms with Crippen LogP contribution in [0.3, 0.4) is 0 Å². The number of hydrogen-bond donors (Lipinski definition) is 1. The Morgan fingerprint density at radius 3 is 2.34 bits per heavy atom. The summed E-state index contributed by atoms with van der Waals surface area (Å²) in [7, 11) is -0.926. The summed E-state index contributed by atoms with van der Waals surface area (Å²) >= 11 is 5.80. The Labute approximate surface area is 189 Å². The molecule has 3 rings (SSSR count). The molecule has 32 heavy (non-hydrogen) atoms. The predicted molar refractivity (Wildman–Crippen MR) is 120 cm³/mol. The largest absolute Gasteiger partial charge is 0.493 e. The van der Waals surface area contributed by atoms with Crippen LogP contribution in [0.25, 0.3) is 10.9 Å². The van der Waals surface area contributed by atoms with Crippen molar-refractivity contribution in [1.29, 1.82) is 0 Å². The van der Waals surface area contributed by atoms with Crippen LogP contribution in [-0.2, 0) is 21.2 Å². The number of carbonyl (C=O) groups excluding carboxylic acids is 1. The molecule has 0 radical (unpaired) electrons. The first kappa shape index (κ1) is 23.6. The van der Waals surface area contributed by atoms with Gasteiger partial charge in [0, 0.05) is 17.6 Å². The molecule has 0 saturated carbocycles. The van der Waals surface area contributed by atoms with Gasteiger partial charge in [0.15, 0.2) is 21.3 Å². The van der Waals surface area contributed by atoms with Crippen LogP contribution < -0.4 is 15.0 Å². The molecule has 0 saturated heterocycles. The van der Waals surface area contributed by atoms with Gasteiger partial charge in [0.2, 0.25) is 5.91 Å². The number of sulfone groups is 1. The lowest BCUT2D eigenvalue weighted by Gasteiger charge is -2.20. The second-order valence-electron chi connectivity index (χ2n) is 6.86. The molecule has 1 N–H and O–H groups in total. The van der Waals surface area contributed by atoms with E-state index in [1.165, 1.54) is 49.5 Å². The molecule has 0 aliphatic heterocycles. The molecular formula is C21H22ClN3O6S. The summed E-state index contributed by atoms with van der Waals surface area (Å²) in [4.78, 5) is 33.6. The van der Waals surface area contributed by atoms with E-state index in [0.29, 0.717) is 27.4 Å². The Morgan fingerprint density at radius 2 is 1.75 bits per heavy atom. The van der Waals surface area contributed by atoms with Gasteiger partial charge in [-0.1, -0.05) is 11.6 Å². The topological polar surface area (TPSA) is 119 Å². The second kappa shape index (κ2) is 9.58. The van der Waals surface area contributed by atoms with E-state index in [1.807, 2.05) is 0 Å². The van der Waals surface area contributed by atoms with Crippen molar-refractivity contribution in [2.75, 3.05) is 26.5 Å². The quantitative estimate of drug-likeness (QED) is 0.527. The summed E-state index contributed by atoms with van der Waals surface area (Å²) in [5.41, 5.74) is -0.0538. The van der Waals surface area contributed by atoms with Crippen LogP contribution in [0.15, 0.2) is 46.1 Å². The van der Waals surface area contributed by atoms with Crippen molar-refractivity contribution in [3.05, 3.63) is 57.6 Å². The van der Waals surface area contributed by atoms with Gasteiger partial charge in [-0.15, -0.1) is 0 Å². The molecule has 0 fully saturated rings. The van der Waals surface area contributed by atoms with E-state index in [-0.39, 0.29) is 23.8 Å². The van der Waals surface area contributed by atoms with Crippen LogP contribution in [0.2, 0.25) is 5.02 Å². The van der Waals surface area contributed by atoms with E-state index >= 15 is 0 Å². The minimum absolute atomic E-state index is 0.00424. The van der Waals surface area contributed by atoms with Crippen molar-refractivity contribution in [3.63, 3.8) is 0 Å². The number of fused-ring (bicyclic) bond motifs is 1. The summed E-state index contributed by atoms with van der Waals surface area (Å²) in [6.45, 7) is 1.87. The number of nitrogens with zero attached hydrogens (tertiary/aromatic N) is 2. The normalized spacial score (nSPS) is 11.4. The molecule has 0 unspecified atom stereocenters. The fourth-order valence-corrected chi connectivity index (χ4v) is 4.48. The first-order chi connectivity index (χ1) is 15.2. The minimum atomic E-state index is -3.86. The predicted octanol–water partition coefficient (Wildman–Crippen LogP) is 2.42. The van der Waals surface area contributed by atoms with Gasteiger partial charge in [-0.05, 0) is 37.3 Å². The van der Waals surface area contributed by atoms with E-state index in [0.717, 1.165) is 0 Å². The van der Waals surface area contributed by atoms with Crippen molar-refractivity contribution in [2.24, 2.45) is 0 Å². The number of carbonyl (C=O) groups is 1. The summed E-state index contributed by atoms with van der Waals surface area (Å²) < 4.78 is 35.7. The van der Waals surface area contributed by atoms with E-state index in [4.69, 9.17) is 21.1 Å². The molecule has 1 aromatic heterocycles. The zero-order valence-corrected chi connectivity index (χ0v) is 19.3. The number of H-pyrrole nitrogens is 1. The highest BCUT2D eigenvalue weighted by atomic mass is 35.5. The fourth-order valence-electron chi connectivity index (χ4n) is 3.13. The molecule has 0 atom stereocenters. The van der Waals surface area contributed by atoms with Crippen LogP contribution in [0.5, 0.6) is 11.5 Å². The van der Waals surface area contributed by atoms with Gasteiger partial charge in [0.1, 0.15) is 11.6 Å². The van der Waals surface area contributed by atoms with Crippen molar-refractivity contribution < 1.29 is 22.7 Å². The average Bonchev–Trinajstić information content (AvgIpc) is 2.76. The molecule has 170 valence electrons. The summed E-state index contributed by atoms with van der Waals surface area (Å²) in [5.74, 6) is -0.323. The van der Waals surface area contributed by atoms with E-state index in [9.17, 15) is 18.0 Å². The molecule has 1 heterocycles. The number of aromatic amines is 1. The van der Waals surface area contributed by atoms with Gasteiger partial charge >= 0.3 is 0 Å². The Morgan fingerprint density at radius 1 is 1.12 bits per heavy atom. The van der Waals surface area contributed by atoms with Crippen LogP contribution in [0.1, 0.15) is 12.7 Å². The third-order valence-corrected chi connectivity index (χ3v) is 6.69. The summed E-state index contributed by atoms with van der Waals surface area (Å²) in [6.07, 6.45) is 0. The third kappa shape index (κ3) is 5.03. The number of amides is 1. The maximum Gasteiger partial charge on any atom is 0.258 e. The highest BCUT2D eigenvalue weighted by Crippen LogP contribution is 2.30. The molecule has 2 aromatic carbocycles. The highest BCUT2D eigenvalue weighted by Gasteiger charge is 2.24. The SMILES string of the molecule is CCN(Cc1nc2cc(OC)c(OC)cc2c(=O)[nH]1)C(=O)CS(=O)(=O)c1ccc(Cl)cc1. The maximum absolute atomic E-state index is 12.7. The highest BCUT2D eigenvalue weighted by molar-refractivity contribution is 7.92. The number of aromatic nitrogens is 2. The minimum Gasteiger partial charge on any atom is -0.493 e. The molecule has 3 aromatic rings. The monoisotopic (exact) mass is 479 g/mol. The molecule has 0 aliphatic carbocycles. The van der Waals surface area contributed by atoms with Crippen LogP contribution >= 0.6 is 11.6 Å². The second-order valence-corrected chi connectivity index (χ2v) is 9.28. The van der Waals surface area contributed by atoms with Gasteiger partial charge in [-0.3, -0.25) is 9.59 Å². The molecular weight excluding hydrogens is 458 g/mol. The number of methoxy groups -OCH3 is 2. The number of benzene rings is 2. The van der Waals surface area contributed by atoms with E-state index in [2.05, 4.69) is 9.97 Å². The van der Waals surface area contributed by atoms with Gasteiger partial charge in [0.25, 0.3) is 5.56 Å². The maximum atomic E-state index is 12.7. The van der Waals surface area contributed by atoms with E-state index < -0.39 is 27.1 Å². The average molecular weight is 480 g/mol. The number of ether oxygens (including phenoxy) is 2. The van der Waals surface area contributed by atoms with Gasteiger partial charge in [0.05, 0.1) is 36.6 Å². The van der Waals surface area contributed by atoms with Crippen molar-refractivity contribution in [2.45, 2.75) is 18.4 Å². The Balaban J connectivity index is 1.86. The number of hydrogen-bond acceptors (Lipinski definition) is 7. The Hall–Kier alpha value is -3.11. The Bertz CT molecular complexity index is 1310. The van der Waals surface area contributed by atoms with E-state index in [1.54, 1.807) is 13.0 Å². The van der Waals surface area contributed by atoms with Crippen molar-refractivity contribution in [3.8, 4) is 11.5 Å². The zero-order chi connectivity index (χ0) is 23.5. The third-order valence-electron chi connectivity index (χ3n) is 4.82. The van der Waals surface area contributed by atoms with Crippen molar-refractivity contribution >= 4 is 38.2 Å². The lowest BCUT2D eigenvalue weighted by atomic mass is 10.2. The Kier molecular flexibility index (Phi) is 7.05. The number of halogens is 1. The molecule has 0 aliphatic rings. The fraction of sp³-hybridized carbons (Fsp3) is 0.286. The number of rotatable bonds is 8. The van der Waals surface area contributed by atoms with Crippen molar-refractivity contribution in [1.82, 2.24) is 14.9 Å².